The van der Waals surface area contributed by atoms with Gasteiger partial charge in [-0.15, -0.1) is 0 Å². The molecule has 31 heavy (non-hydrogen) atoms. The molecule has 3 rings (SSSR count). The van der Waals surface area contributed by atoms with E-state index >= 15 is 0 Å². The molecule has 3 aromatic rings. The van der Waals surface area contributed by atoms with Crippen molar-refractivity contribution in [3.8, 4) is 0 Å². The van der Waals surface area contributed by atoms with Gasteiger partial charge in [0.1, 0.15) is 11.4 Å². The average Bonchev–Trinajstić information content (AvgIpc) is 2.74. The second kappa shape index (κ2) is 9.89. The highest BCUT2D eigenvalue weighted by molar-refractivity contribution is 9.10. The van der Waals surface area contributed by atoms with Crippen LogP contribution in [0.3, 0.4) is 0 Å². The Kier molecular flexibility index (Phi) is 7.25. The number of rotatable bonds is 8. The van der Waals surface area contributed by atoms with Crippen molar-refractivity contribution in [2.75, 3.05) is 19.3 Å². The molecule has 0 amide bonds. The van der Waals surface area contributed by atoms with Gasteiger partial charge in [0.25, 0.3) is 5.56 Å². The standard InChI is InChI=1S/C23H25BrN4O3/c1-3-27-22(30)20(19(29)15-26(2)13-17-9-11-18(24)12-10-17)21(25)28(23(27)31)14-16-7-5-4-6-8-16/h4-12H,3,13-15,25H2,1-2H3. The predicted molar refractivity (Wildman–Crippen MR) is 125 cm³/mol. The number of Topliss-reactive ketones (excluding diaryl/α,β-unsaturated/α-hetero) is 1. The number of likely N-dealkylation sites (N-methyl/N-ethyl adjacent to an activating group) is 1. The Labute approximate surface area is 188 Å². The second-order valence-corrected chi connectivity index (χ2v) is 8.30. The van der Waals surface area contributed by atoms with E-state index in [2.05, 4.69) is 15.9 Å². The van der Waals surface area contributed by atoms with Crippen molar-refractivity contribution in [2.24, 2.45) is 0 Å². The number of benzene rings is 2. The van der Waals surface area contributed by atoms with Crippen LogP contribution in [0.25, 0.3) is 0 Å². The van der Waals surface area contributed by atoms with Crippen LogP contribution in [0, 0.1) is 0 Å². The van der Waals surface area contributed by atoms with Crippen molar-refractivity contribution >= 4 is 27.5 Å². The van der Waals surface area contributed by atoms with Crippen molar-refractivity contribution in [2.45, 2.75) is 26.6 Å². The molecule has 0 aliphatic rings. The Hall–Kier alpha value is -2.97. The fourth-order valence-electron chi connectivity index (χ4n) is 3.46. The molecule has 2 N–H and O–H groups in total. The molecular formula is C23H25BrN4O3. The molecule has 0 aliphatic heterocycles. The van der Waals surface area contributed by atoms with Gasteiger partial charge in [0.2, 0.25) is 0 Å². The third kappa shape index (κ3) is 5.21. The van der Waals surface area contributed by atoms with Gasteiger partial charge in [-0.25, -0.2) is 4.79 Å². The first-order valence-electron chi connectivity index (χ1n) is 9.95. The van der Waals surface area contributed by atoms with Crippen molar-refractivity contribution in [1.82, 2.24) is 14.0 Å². The Bertz CT molecular complexity index is 1180. The fourth-order valence-corrected chi connectivity index (χ4v) is 3.72. The third-order valence-corrected chi connectivity index (χ3v) is 5.55. The van der Waals surface area contributed by atoms with E-state index < -0.39 is 17.0 Å². The van der Waals surface area contributed by atoms with E-state index in [1.807, 2.05) is 59.5 Å². The van der Waals surface area contributed by atoms with E-state index in [9.17, 15) is 14.4 Å². The lowest BCUT2D eigenvalue weighted by Gasteiger charge is -2.19. The molecule has 0 fully saturated rings. The normalized spacial score (nSPS) is 11.1. The summed E-state index contributed by atoms with van der Waals surface area (Å²) >= 11 is 3.40. The lowest BCUT2D eigenvalue weighted by Crippen LogP contribution is -2.45. The smallest absolute Gasteiger partial charge is 0.332 e. The Morgan fingerprint density at radius 2 is 1.65 bits per heavy atom. The molecule has 0 unspecified atom stereocenters. The number of hydrogen-bond donors (Lipinski definition) is 1. The van der Waals surface area contributed by atoms with Crippen LogP contribution < -0.4 is 17.0 Å². The van der Waals surface area contributed by atoms with Crippen LogP contribution in [-0.4, -0.2) is 33.4 Å². The number of nitrogens with zero attached hydrogens (tertiary/aromatic N) is 3. The lowest BCUT2D eigenvalue weighted by molar-refractivity contribution is 0.0941. The number of nitrogens with two attached hydrogens (primary N) is 1. The van der Waals surface area contributed by atoms with Crippen LogP contribution in [-0.2, 0) is 19.6 Å². The summed E-state index contributed by atoms with van der Waals surface area (Å²) in [6, 6.07) is 17.1. The molecule has 1 heterocycles. The monoisotopic (exact) mass is 484 g/mol. The molecule has 0 spiro atoms. The lowest BCUT2D eigenvalue weighted by atomic mass is 10.1. The Morgan fingerprint density at radius 1 is 1.00 bits per heavy atom. The fraction of sp³-hybridized carbons (Fsp3) is 0.261. The van der Waals surface area contributed by atoms with Gasteiger partial charge in [-0.2, -0.15) is 0 Å². The minimum atomic E-state index is -0.642. The van der Waals surface area contributed by atoms with Gasteiger partial charge in [0.15, 0.2) is 5.78 Å². The molecule has 8 heteroatoms. The van der Waals surface area contributed by atoms with Gasteiger partial charge in [0.05, 0.1) is 13.1 Å². The van der Waals surface area contributed by atoms with E-state index in [1.54, 1.807) is 14.0 Å². The molecule has 1 aromatic heterocycles. The van der Waals surface area contributed by atoms with Gasteiger partial charge >= 0.3 is 5.69 Å². The van der Waals surface area contributed by atoms with Gasteiger partial charge in [-0.05, 0) is 37.2 Å². The van der Waals surface area contributed by atoms with Crippen LogP contribution in [0.4, 0.5) is 5.82 Å². The molecule has 162 valence electrons. The number of nitrogen functional groups attached to an aromatic ring is 1. The number of hydrogen-bond acceptors (Lipinski definition) is 5. The summed E-state index contributed by atoms with van der Waals surface area (Å²) in [5.74, 6) is -0.503. The molecule has 7 nitrogen and oxygen atoms in total. The second-order valence-electron chi connectivity index (χ2n) is 7.39. The minimum absolute atomic E-state index is 0.00274. The maximum atomic E-state index is 13.1. The summed E-state index contributed by atoms with van der Waals surface area (Å²) in [6.45, 7) is 2.57. The summed E-state index contributed by atoms with van der Waals surface area (Å²) in [6.07, 6.45) is 0. The number of carbonyl (C=O) groups excluding carboxylic acids is 1. The van der Waals surface area contributed by atoms with E-state index in [1.165, 1.54) is 4.57 Å². The summed E-state index contributed by atoms with van der Waals surface area (Å²) in [5, 5.41) is 0. The summed E-state index contributed by atoms with van der Waals surface area (Å²) < 4.78 is 3.33. The zero-order valence-corrected chi connectivity index (χ0v) is 19.1. The quantitative estimate of drug-likeness (QED) is 0.496. The largest absolute Gasteiger partial charge is 0.384 e. The molecule has 0 bridgehead atoms. The number of anilines is 1. The third-order valence-electron chi connectivity index (χ3n) is 5.03. The van der Waals surface area contributed by atoms with Crippen LogP contribution in [0.15, 0.2) is 68.7 Å². The number of ketones is 1. The van der Waals surface area contributed by atoms with E-state index in [4.69, 9.17) is 5.73 Å². The molecule has 0 atom stereocenters. The van der Waals surface area contributed by atoms with E-state index in [-0.39, 0.29) is 31.0 Å². The summed E-state index contributed by atoms with van der Waals surface area (Å²) in [4.78, 5) is 40.6. The SMILES string of the molecule is CCn1c(=O)c(C(=O)CN(C)Cc2ccc(Br)cc2)c(N)n(Cc2ccccc2)c1=O. The van der Waals surface area contributed by atoms with Crippen molar-refractivity contribution < 1.29 is 4.79 Å². The maximum absolute atomic E-state index is 13.1. The predicted octanol–water partition coefficient (Wildman–Crippen LogP) is 2.74. The summed E-state index contributed by atoms with van der Waals surface area (Å²) in [5.41, 5.74) is 6.79. The summed E-state index contributed by atoms with van der Waals surface area (Å²) in [7, 11) is 1.80. The first-order valence-corrected chi connectivity index (χ1v) is 10.7. The highest BCUT2D eigenvalue weighted by atomic mass is 79.9. The molecular weight excluding hydrogens is 460 g/mol. The Morgan fingerprint density at radius 3 is 2.26 bits per heavy atom. The van der Waals surface area contributed by atoms with Crippen molar-refractivity contribution in [3.05, 3.63) is 96.6 Å². The Balaban J connectivity index is 1.92. The van der Waals surface area contributed by atoms with Gasteiger partial charge < -0.3 is 5.73 Å². The highest BCUT2D eigenvalue weighted by Gasteiger charge is 2.23. The van der Waals surface area contributed by atoms with Crippen molar-refractivity contribution in [3.63, 3.8) is 0 Å². The van der Waals surface area contributed by atoms with Crippen LogP contribution in [0.1, 0.15) is 28.4 Å². The highest BCUT2D eigenvalue weighted by Crippen LogP contribution is 2.13. The number of carbonyl (C=O) groups is 1. The first kappa shape index (κ1) is 22.7. The molecule has 0 saturated heterocycles. The zero-order chi connectivity index (χ0) is 22.5. The van der Waals surface area contributed by atoms with Crippen LogP contribution >= 0.6 is 15.9 Å². The van der Waals surface area contributed by atoms with Crippen LogP contribution in [0.5, 0.6) is 0 Å². The average molecular weight is 485 g/mol. The van der Waals surface area contributed by atoms with Gasteiger partial charge in [-0.3, -0.25) is 23.6 Å². The number of halogens is 1. The topological polar surface area (TPSA) is 90.3 Å². The van der Waals surface area contributed by atoms with Gasteiger partial charge in [0, 0.05) is 17.6 Å². The molecule has 2 aromatic carbocycles. The molecule has 0 saturated carbocycles. The van der Waals surface area contributed by atoms with Gasteiger partial charge in [-0.1, -0.05) is 58.4 Å². The van der Waals surface area contributed by atoms with Crippen LogP contribution in [0.2, 0.25) is 0 Å². The first-order chi connectivity index (χ1) is 14.8. The molecule has 0 radical (unpaired) electrons. The minimum Gasteiger partial charge on any atom is -0.384 e. The van der Waals surface area contributed by atoms with E-state index in [0.717, 1.165) is 20.2 Å². The number of aromatic nitrogens is 2. The molecule has 0 aliphatic carbocycles. The zero-order valence-electron chi connectivity index (χ0n) is 17.5. The van der Waals surface area contributed by atoms with E-state index in [0.29, 0.717) is 6.54 Å². The maximum Gasteiger partial charge on any atom is 0.332 e. The van der Waals surface area contributed by atoms with Crippen molar-refractivity contribution in [1.29, 1.82) is 0 Å².